The van der Waals surface area contributed by atoms with Crippen molar-refractivity contribution in [1.82, 2.24) is 15.1 Å². The number of likely N-dealkylation sites (tertiary alicyclic amines) is 1. The minimum atomic E-state index is -1.05. The Morgan fingerprint density at radius 3 is 2.55 bits per heavy atom. The SMILES string of the molecule is CN1CCC(O)(CNC(=O)C(=O)Nc2ccc3c(c2)C(=O)N(CC2CC2)C3=O)C1. The van der Waals surface area contributed by atoms with Crippen molar-refractivity contribution >= 4 is 29.3 Å². The standard InChI is InChI=1S/C20H24N4O5/c1-23-7-6-20(29,11-23)10-21-16(25)17(26)22-13-4-5-14-15(8-13)19(28)24(18(14)27)9-12-2-3-12/h4-5,8,12,29H,2-3,6-7,9-11H2,1H3,(H,21,25)(H,22,26). The highest BCUT2D eigenvalue weighted by Crippen LogP contribution is 2.33. The number of carbonyl (C=O) groups excluding carboxylic acids is 4. The lowest BCUT2D eigenvalue weighted by Gasteiger charge is -2.22. The number of hydrogen-bond donors (Lipinski definition) is 3. The Hall–Kier alpha value is -2.78. The van der Waals surface area contributed by atoms with Crippen LogP contribution >= 0.6 is 0 Å². The highest BCUT2D eigenvalue weighted by Gasteiger charge is 2.39. The molecule has 29 heavy (non-hydrogen) atoms. The van der Waals surface area contributed by atoms with Crippen LogP contribution in [0.1, 0.15) is 40.0 Å². The molecule has 3 N–H and O–H groups in total. The Morgan fingerprint density at radius 2 is 1.90 bits per heavy atom. The summed E-state index contributed by atoms with van der Waals surface area (Å²) in [4.78, 5) is 52.4. The van der Waals surface area contributed by atoms with Gasteiger partial charge in [-0.05, 0) is 50.4 Å². The molecule has 0 aromatic heterocycles. The van der Waals surface area contributed by atoms with Crippen LogP contribution < -0.4 is 10.6 Å². The third-order valence-corrected chi connectivity index (χ3v) is 5.67. The van der Waals surface area contributed by atoms with E-state index in [1.54, 1.807) is 0 Å². The number of rotatable bonds is 5. The molecule has 4 amide bonds. The third-order valence-electron chi connectivity index (χ3n) is 5.67. The first kappa shape index (κ1) is 19.5. The topological polar surface area (TPSA) is 119 Å². The van der Waals surface area contributed by atoms with Crippen LogP contribution in [0.3, 0.4) is 0 Å². The van der Waals surface area contributed by atoms with Crippen molar-refractivity contribution in [3.8, 4) is 0 Å². The zero-order valence-corrected chi connectivity index (χ0v) is 16.2. The molecular weight excluding hydrogens is 376 g/mol. The number of amides is 4. The Balaban J connectivity index is 1.37. The molecule has 0 radical (unpaired) electrons. The predicted octanol–water partition coefficient (Wildman–Crippen LogP) is -0.186. The monoisotopic (exact) mass is 400 g/mol. The zero-order valence-electron chi connectivity index (χ0n) is 16.2. The molecule has 1 aromatic carbocycles. The van der Waals surface area contributed by atoms with Gasteiger partial charge in [0.1, 0.15) is 0 Å². The van der Waals surface area contributed by atoms with Crippen molar-refractivity contribution in [2.45, 2.75) is 24.9 Å². The van der Waals surface area contributed by atoms with E-state index in [-0.39, 0.29) is 29.6 Å². The third kappa shape index (κ3) is 4.01. The quantitative estimate of drug-likeness (QED) is 0.466. The number of anilines is 1. The van der Waals surface area contributed by atoms with Crippen LogP contribution in [0.25, 0.3) is 0 Å². The predicted molar refractivity (Wildman–Crippen MR) is 103 cm³/mol. The molecule has 1 atom stereocenters. The summed E-state index contributed by atoms with van der Waals surface area (Å²) in [6.07, 6.45) is 2.56. The van der Waals surface area contributed by atoms with Gasteiger partial charge < -0.3 is 20.6 Å². The summed E-state index contributed by atoms with van der Waals surface area (Å²) >= 11 is 0. The van der Waals surface area contributed by atoms with Crippen molar-refractivity contribution in [2.75, 3.05) is 38.5 Å². The van der Waals surface area contributed by atoms with E-state index in [9.17, 15) is 24.3 Å². The summed E-state index contributed by atoms with van der Waals surface area (Å²) in [5.74, 6) is -2.07. The Labute approximate surface area is 168 Å². The molecule has 1 aliphatic carbocycles. The number of β-amino-alcohol motifs (C(OH)–C–C–N with tert-alkyl or cyclic N) is 1. The number of aliphatic hydroxyl groups is 1. The van der Waals surface area contributed by atoms with Gasteiger partial charge in [0.15, 0.2) is 0 Å². The number of likely N-dealkylation sites (N-methyl/N-ethyl adjacent to an activating group) is 1. The van der Waals surface area contributed by atoms with E-state index in [0.717, 1.165) is 19.4 Å². The number of hydrogen-bond acceptors (Lipinski definition) is 6. The summed E-state index contributed by atoms with van der Waals surface area (Å²) in [6, 6.07) is 4.41. The molecule has 1 saturated carbocycles. The fourth-order valence-electron chi connectivity index (χ4n) is 3.81. The second kappa shape index (κ2) is 7.23. The second-order valence-corrected chi connectivity index (χ2v) is 8.27. The van der Waals surface area contributed by atoms with E-state index < -0.39 is 17.4 Å². The smallest absolute Gasteiger partial charge is 0.313 e. The maximum Gasteiger partial charge on any atom is 0.313 e. The van der Waals surface area contributed by atoms with Gasteiger partial charge in [-0.25, -0.2) is 0 Å². The second-order valence-electron chi connectivity index (χ2n) is 8.27. The molecule has 2 aliphatic heterocycles. The maximum atomic E-state index is 12.5. The first-order chi connectivity index (χ1) is 13.8. The van der Waals surface area contributed by atoms with E-state index in [2.05, 4.69) is 10.6 Å². The van der Waals surface area contributed by atoms with Crippen LogP contribution in [0, 0.1) is 5.92 Å². The lowest BCUT2D eigenvalue weighted by molar-refractivity contribution is -0.136. The van der Waals surface area contributed by atoms with E-state index in [1.165, 1.54) is 23.1 Å². The number of carbonyl (C=O) groups is 4. The van der Waals surface area contributed by atoms with Gasteiger partial charge in [-0.1, -0.05) is 0 Å². The van der Waals surface area contributed by atoms with Gasteiger partial charge in [-0.3, -0.25) is 24.1 Å². The van der Waals surface area contributed by atoms with E-state index in [1.807, 2.05) is 11.9 Å². The number of fused-ring (bicyclic) bond motifs is 1. The largest absolute Gasteiger partial charge is 0.387 e. The molecule has 154 valence electrons. The molecule has 0 bridgehead atoms. The zero-order chi connectivity index (χ0) is 20.8. The van der Waals surface area contributed by atoms with Gasteiger partial charge in [-0.2, -0.15) is 0 Å². The molecule has 4 rings (SSSR count). The Morgan fingerprint density at radius 1 is 1.17 bits per heavy atom. The lowest BCUT2D eigenvalue weighted by atomic mass is 10.0. The molecule has 1 saturated heterocycles. The number of benzene rings is 1. The molecule has 9 heteroatoms. The van der Waals surface area contributed by atoms with E-state index in [4.69, 9.17) is 0 Å². The Bertz CT molecular complexity index is 897. The van der Waals surface area contributed by atoms with E-state index in [0.29, 0.717) is 31.0 Å². The van der Waals surface area contributed by atoms with E-state index >= 15 is 0 Å². The van der Waals surface area contributed by atoms with Gasteiger partial charge in [0.05, 0.1) is 16.7 Å². The average Bonchev–Trinajstić information content (AvgIpc) is 3.40. The summed E-state index contributed by atoms with van der Waals surface area (Å²) in [5, 5.41) is 15.3. The van der Waals surface area contributed by atoms with Crippen LogP contribution in [-0.2, 0) is 9.59 Å². The van der Waals surface area contributed by atoms with Crippen LogP contribution in [0.2, 0.25) is 0 Å². The van der Waals surface area contributed by atoms with Crippen LogP contribution in [0.5, 0.6) is 0 Å². The van der Waals surface area contributed by atoms with Crippen molar-refractivity contribution in [2.24, 2.45) is 5.92 Å². The van der Waals surface area contributed by atoms with Crippen molar-refractivity contribution in [3.05, 3.63) is 29.3 Å². The first-order valence-corrected chi connectivity index (χ1v) is 9.76. The normalized spacial score (nSPS) is 24.0. The van der Waals surface area contributed by atoms with Crippen LogP contribution in [0.15, 0.2) is 18.2 Å². The lowest BCUT2D eigenvalue weighted by Crippen LogP contribution is -2.47. The van der Waals surface area contributed by atoms with Gasteiger partial charge in [0.25, 0.3) is 11.8 Å². The van der Waals surface area contributed by atoms with Gasteiger partial charge in [0.2, 0.25) is 0 Å². The van der Waals surface area contributed by atoms with Crippen molar-refractivity contribution < 1.29 is 24.3 Å². The van der Waals surface area contributed by atoms with Crippen molar-refractivity contribution in [3.63, 3.8) is 0 Å². The molecule has 2 fully saturated rings. The Kier molecular flexibility index (Phi) is 4.87. The number of nitrogens with zero attached hydrogens (tertiary/aromatic N) is 2. The highest BCUT2D eigenvalue weighted by atomic mass is 16.3. The number of nitrogens with one attached hydrogen (secondary N) is 2. The molecule has 1 aromatic rings. The maximum absolute atomic E-state index is 12.5. The molecule has 2 heterocycles. The van der Waals surface area contributed by atoms with Crippen LogP contribution in [-0.4, -0.2) is 77.4 Å². The van der Waals surface area contributed by atoms with Crippen LogP contribution in [0.4, 0.5) is 5.69 Å². The molecule has 9 nitrogen and oxygen atoms in total. The molecule has 3 aliphatic rings. The summed E-state index contributed by atoms with van der Waals surface area (Å²) in [5.41, 5.74) is -0.240. The molecular formula is C20H24N4O5. The molecule has 0 spiro atoms. The summed E-state index contributed by atoms with van der Waals surface area (Å²) in [6.45, 7) is 1.55. The average molecular weight is 400 g/mol. The minimum absolute atomic E-state index is 0.0170. The van der Waals surface area contributed by atoms with Gasteiger partial charge >= 0.3 is 11.8 Å². The molecule has 1 unspecified atom stereocenters. The number of imide groups is 1. The summed E-state index contributed by atoms with van der Waals surface area (Å²) in [7, 11) is 1.87. The minimum Gasteiger partial charge on any atom is -0.387 e. The fourth-order valence-corrected chi connectivity index (χ4v) is 3.81. The highest BCUT2D eigenvalue weighted by molar-refractivity contribution is 6.39. The first-order valence-electron chi connectivity index (χ1n) is 9.76. The van der Waals surface area contributed by atoms with Gasteiger partial charge in [0, 0.05) is 31.9 Å². The summed E-state index contributed by atoms with van der Waals surface area (Å²) < 4.78 is 0. The fraction of sp³-hybridized carbons (Fsp3) is 0.500. The van der Waals surface area contributed by atoms with Crippen molar-refractivity contribution in [1.29, 1.82) is 0 Å². The van der Waals surface area contributed by atoms with Gasteiger partial charge in [-0.15, -0.1) is 0 Å².